The quantitative estimate of drug-likeness (QED) is 0.747. The van der Waals surface area contributed by atoms with Crippen molar-refractivity contribution in [2.45, 2.75) is 51.7 Å². The molecule has 1 aromatic rings. The fraction of sp³-hybridized carbons (Fsp3) is 0.600. The van der Waals surface area contributed by atoms with Gasteiger partial charge in [0.1, 0.15) is 5.75 Å². The summed E-state index contributed by atoms with van der Waals surface area (Å²) in [6.45, 7) is 6.42. The van der Waals surface area contributed by atoms with Gasteiger partial charge < -0.3 is 9.47 Å². The highest BCUT2D eigenvalue weighted by Crippen LogP contribution is 2.35. The number of ether oxygens (including phenoxy) is 2. The summed E-state index contributed by atoms with van der Waals surface area (Å²) in [6.07, 6.45) is 2.82. The average Bonchev–Trinajstić information content (AvgIpc) is 3.01. The lowest BCUT2D eigenvalue weighted by molar-refractivity contribution is 0.367. The molecule has 0 aromatic heterocycles. The normalized spacial score (nSPS) is 22.3. The molecule has 2 rings (SSSR count). The number of methoxy groups -OCH3 is 1. The van der Waals surface area contributed by atoms with Crippen molar-refractivity contribution in [3.05, 3.63) is 28.3 Å². The lowest BCUT2D eigenvalue weighted by Gasteiger charge is -2.16. The molecule has 18 heavy (non-hydrogen) atoms. The van der Waals surface area contributed by atoms with Gasteiger partial charge >= 0.3 is 0 Å². The van der Waals surface area contributed by atoms with E-state index >= 15 is 0 Å². The van der Waals surface area contributed by atoms with Crippen molar-refractivity contribution in [1.82, 2.24) is 0 Å². The van der Waals surface area contributed by atoms with Gasteiger partial charge in [-0.25, -0.2) is 0 Å². The minimum atomic E-state index is 0.411. The summed E-state index contributed by atoms with van der Waals surface area (Å²) in [5, 5.41) is 0.791. The van der Waals surface area contributed by atoms with Gasteiger partial charge in [0.2, 0.25) is 0 Å². The lowest BCUT2D eigenvalue weighted by atomic mass is 9.96. The predicted molar refractivity (Wildman–Crippen MR) is 74.7 cm³/mol. The van der Waals surface area contributed by atoms with Crippen LogP contribution < -0.4 is 4.74 Å². The van der Waals surface area contributed by atoms with Crippen LogP contribution in [0.4, 0.5) is 0 Å². The second-order valence-electron chi connectivity index (χ2n) is 5.26. The van der Waals surface area contributed by atoms with Crippen molar-refractivity contribution in [2.24, 2.45) is 0 Å². The van der Waals surface area contributed by atoms with E-state index in [4.69, 9.17) is 21.1 Å². The maximum absolute atomic E-state index is 6.20. The van der Waals surface area contributed by atoms with E-state index in [1.54, 1.807) is 7.11 Å². The summed E-state index contributed by atoms with van der Waals surface area (Å²) in [5.74, 6) is 1.40. The van der Waals surface area contributed by atoms with Crippen LogP contribution in [0.2, 0.25) is 5.02 Å². The Kier molecular flexibility index (Phi) is 4.18. The smallest absolute Gasteiger partial charge is 0.125 e. The van der Waals surface area contributed by atoms with Crippen LogP contribution in [-0.2, 0) is 11.2 Å². The second-order valence-corrected chi connectivity index (χ2v) is 5.70. The van der Waals surface area contributed by atoms with Crippen LogP contribution >= 0.6 is 11.6 Å². The van der Waals surface area contributed by atoms with Gasteiger partial charge in [-0.3, -0.25) is 0 Å². The molecule has 0 spiro atoms. The predicted octanol–water partition coefficient (Wildman–Crippen LogP) is 4.19. The zero-order chi connectivity index (χ0) is 13.3. The number of hydrogen-bond donors (Lipinski definition) is 0. The largest absolute Gasteiger partial charge is 0.496 e. The first kappa shape index (κ1) is 13.7. The fourth-order valence-corrected chi connectivity index (χ4v) is 2.62. The van der Waals surface area contributed by atoms with Crippen LogP contribution in [0, 0.1) is 0 Å². The SMILES string of the molecule is COc1c(CCC2OC2C)cc(Cl)cc1C(C)C. The first-order chi connectivity index (χ1) is 8.52. The number of halogens is 1. The average molecular weight is 269 g/mol. The van der Waals surface area contributed by atoms with E-state index in [0.29, 0.717) is 18.1 Å². The highest BCUT2D eigenvalue weighted by molar-refractivity contribution is 6.30. The molecule has 2 nitrogen and oxygen atoms in total. The Hall–Kier alpha value is -0.730. The Morgan fingerprint density at radius 2 is 2.06 bits per heavy atom. The fourth-order valence-electron chi connectivity index (χ4n) is 2.37. The van der Waals surface area contributed by atoms with E-state index in [1.807, 2.05) is 12.1 Å². The van der Waals surface area contributed by atoms with Gasteiger partial charge in [-0.05, 0) is 48.9 Å². The molecule has 0 saturated carbocycles. The van der Waals surface area contributed by atoms with Gasteiger partial charge in [0.05, 0.1) is 19.3 Å². The monoisotopic (exact) mass is 268 g/mol. The molecule has 1 aliphatic heterocycles. The summed E-state index contributed by atoms with van der Waals surface area (Å²) in [6, 6.07) is 4.02. The van der Waals surface area contributed by atoms with E-state index in [1.165, 1.54) is 11.1 Å². The lowest BCUT2D eigenvalue weighted by Crippen LogP contribution is -2.01. The van der Waals surface area contributed by atoms with Crippen molar-refractivity contribution in [1.29, 1.82) is 0 Å². The molecule has 100 valence electrons. The van der Waals surface area contributed by atoms with Gasteiger partial charge in [0.25, 0.3) is 0 Å². The van der Waals surface area contributed by atoms with E-state index in [2.05, 4.69) is 20.8 Å². The summed E-state index contributed by atoms with van der Waals surface area (Å²) in [5.41, 5.74) is 2.38. The Balaban J connectivity index is 2.21. The summed E-state index contributed by atoms with van der Waals surface area (Å²) in [7, 11) is 1.73. The molecule has 0 bridgehead atoms. The maximum atomic E-state index is 6.20. The second kappa shape index (κ2) is 5.50. The van der Waals surface area contributed by atoms with Gasteiger partial charge in [-0.1, -0.05) is 25.4 Å². The molecule has 1 saturated heterocycles. The Morgan fingerprint density at radius 3 is 2.56 bits per heavy atom. The zero-order valence-electron chi connectivity index (χ0n) is 11.5. The number of rotatable bonds is 5. The molecule has 0 aliphatic carbocycles. The zero-order valence-corrected chi connectivity index (χ0v) is 12.3. The third kappa shape index (κ3) is 2.99. The Morgan fingerprint density at radius 1 is 1.39 bits per heavy atom. The molecule has 2 atom stereocenters. The summed E-state index contributed by atoms with van der Waals surface area (Å²) in [4.78, 5) is 0. The van der Waals surface area contributed by atoms with Crippen LogP contribution in [0.5, 0.6) is 5.75 Å². The molecule has 0 amide bonds. The highest BCUT2D eigenvalue weighted by atomic mass is 35.5. The van der Waals surface area contributed by atoms with Crippen molar-refractivity contribution in [3.63, 3.8) is 0 Å². The van der Waals surface area contributed by atoms with Gasteiger partial charge in [-0.15, -0.1) is 0 Å². The molecule has 0 radical (unpaired) electrons. The number of benzene rings is 1. The first-order valence-corrected chi connectivity index (χ1v) is 6.92. The van der Waals surface area contributed by atoms with Crippen molar-refractivity contribution < 1.29 is 9.47 Å². The van der Waals surface area contributed by atoms with E-state index in [9.17, 15) is 0 Å². The molecular weight excluding hydrogens is 248 g/mol. The van der Waals surface area contributed by atoms with E-state index in [0.717, 1.165) is 23.6 Å². The van der Waals surface area contributed by atoms with E-state index < -0.39 is 0 Å². The van der Waals surface area contributed by atoms with Crippen LogP contribution in [0.25, 0.3) is 0 Å². The highest BCUT2D eigenvalue weighted by Gasteiger charge is 2.33. The molecule has 1 aromatic carbocycles. The number of epoxide rings is 1. The summed E-state index contributed by atoms with van der Waals surface area (Å²) < 4.78 is 11.0. The van der Waals surface area contributed by atoms with Gasteiger partial charge in [0.15, 0.2) is 0 Å². The topological polar surface area (TPSA) is 21.8 Å². The Labute approximate surface area is 114 Å². The van der Waals surface area contributed by atoms with Crippen molar-refractivity contribution >= 4 is 11.6 Å². The summed E-state index contributed by atoms with van der Waals surface area (Å²) >= 11 is 6.20. The molecular formula is C15H21ClO2. The van der Waals surface area contributed by atoms with Crippen molar-refractivity contribution in [3.8, 4) is 5.75 Å². The minimum absolute atomic E-state index is 0.411. The number of aryl methyl sites for hydroxylation is 1. The van der Waals surface area contributed by atoms with Crippen LogP contribution in [-0.4, -0.2) is 19.3 Å². The van der Waals surface area contributed by atoms with E-state index in [-0.39, 0.29) is 0 Å². The maximum Gasteiger partial charge on any atom is 0.125 e. The molecule has 1 fully saturated rings. The number of hydrogen-bond acceptors (Lipinski definition) is 2. The van der Waals surface area contributed by atoms with Crippen LogP contribution in [0.3, 0.4) is 0 Å². The Bertz CT molecular complexity index is 429. The molecule has 1 aliphatic rings. The first-order valence-electron chi connectivity index (χ1n) is 6.54. The molecule has 1 heterocycles. The van der Waals surface area contributed by atoms with Crippen LogP contribution in [0.15, 0.2) is 12.1 Å². The van der Waals surface area contributed by atoms with Crippen molar-refractivity contribution in [2.75, 3.05) is 7.11 Å². The minimum Gasteiger partial charge on any atom is -0.496 e. The van der Waals surface area contributed by atoms with Gasteiger partial charge in [0, 0.05) is 5.02 Å². The third-order valence-electron chi connectivity index (χ3n) is 3.52. The molecule has 2 unspecified atom stereocenters. The van der Waals surface area contributed by atoms with Gasteiger partial charge in [-0.2, -0.15) is 0 Å². The van der Waals surface area contributed by atoms with Crippen LogP contribution in [0.1, 0.15) is 44.2 Å². The standard InChI is InChI=1S/C15H21ClO2/c1-9(2)13-8-12(16)7-11(15(13)17-4)5-6-14-10(3)18-14/h7-10,14H,5-6H2,1-4H3. The molecule has 3 heteroatoms. The third-order valence-corrected chi connectivity index (χ3v) is 3.74. The molecule has 0 N–H and O–H groups in total.